The Hall–Kier alpha value is -3.21. The number of carbonyl (C=O) groups excluding carboxylic acids is 2. The number of ether oxygens (including phenoxy) is 1. The Morgan fingerprint density at radius 2 is 1.71 bits per heavy atom. The largest absolute Gasteiger partial charge is 0.452 e. The average molecular weight is 459 g/mol. The van der Waals surface area contributed by atoms with Gasteiger partial charge in [0.25, 0.3) is 5.91 Å². The lowest BCUT2D eigenvalue weighted by Crippen LogP contribution is -2.41. The molecule has 1 aliphatic rings. The van der Waals surface area contributed by atoms with E-state index in [1.54, 1.807) is 0 Å². The van der Waals surface area contributed by atoms with Gasteiger partial charge in [0, 0.05) is 24.2 Å². The summed E-state index contributed by atoms with van der Waals surface area (Å²) in [6.45, 7) is 5.35. The van der Waals surface area contributed by atoms with Crippen molar-refractivity contribution in [3.8, 4) is 0 Å². The van der Waals surface area contributed by atoms with E-state index in [2.05, 4.69) is 31.2 Å². The third-order valence-electron chi connectivity index (χ3n) is 6.78. The quantitative estimate of drug-likeness (QED) is 0.425. The van der Waals surface area contributed by atoms with Gasteiger partial charge in [-0.2, -0.15) is 0 Å². The van der Waals surface area contributed by atoms with E-state index in [-0.39, 0.29) is 12.5 Å². The van der Waals surface area contributed by atoms with Gasteiger partial charge in [-0.3, -0.25) is 9.78 Å². The van der Waals surface area contributed by atoms with Gasteiger partial charge in [-0.1, -0.05) is 68.8 Å². The zero-order valence-corrected chi connectivity index (χ0v) is 20.3. The molecule has 4 rings (SSSR count). The zero-order valence-electron chi connectivity index (χ0n) is 20.3. The van der Waals surface area contributed by atoms with E-state index in [0.717, 1.165) is 54.3 Å². The van der Waals surface area contributed by atoms with Crippen molar-refractivity contribution < 1.29 is 14.3 Å². The van der Waals surface area contributed by atoms with E-state index in [4.69, 9.17) is 9.72 Å². The lowest BCUT2D eigenvalue weighted by atomic mass is 9.90. The molecule has 2 aromatic carbocycles. The molecule has 2 heterocycles. The normalized spacial score (nSPS) is 14.4. The minimum atomic E-state index is -0.430. The van der Waals surface area contributed by atoms with Crippen molar-refractivity contribution in [1.82, 2.24) is 9.88 Å². The van der Waals surface area contributed by atoms with Gasteiger partial charge in [0.05, 0.1) is 11.1 Å². The monoisotopic (exact) mass is 458 g/mol. The SMILES string of the molecule is CCCc1nc2ccccc2c(C(=O)OCC(=O)N2CCC(Cc3ccccc3)CC2)c1CC. The van der Waals surface area contributed by atoms with Gasteiger partial charge in [-0.15, -0.1) is 0 Å². The van der Waals surface area contributed by atoms with Crippen LogP contribution in [0, 0.1) is 5.92 Å². The maximum atomic E-state index is 13.2. The molecule has 1 amide bonds. The summed E-state index contributed by atoms with van der Waals surface area (Å²) in [5.41, 5.74) is 4.58. The summed E-state index contributed by atoms with van der Waals surface area (Å²) in [4.78, 5) is 32.7. The number of carbonyl (C=O) groups is 2. The van der Waals surface area contributed by atoms with Crippen molar-refractivity contribution in [2.75, 3.05) is 19.7 Å². The van der Waals surface area contributed by atoms with Crippen LogP contribution in [0.15, 0.2) is 54.6 Å². The molecule has 0 saturated carbocycles. The second kappa shape index (κ2) is 11.3. The molecule has 0 radical (unpaired) electrons. The lowest BCUT2D eigenvalue weighted by molar-refractivity contribution is -0.135. The van der Waals surface area contributed by atoms with Crippen LogP contribution in [-0.4, -0.2) is 41.5 Å². The van der Waals surface area contributed by atoms with Gasteiger partial charge in [-0.25, -0.2) is 4.79 Å². The minimum Gasteiger partial charge on any atom is -0.452 e. The first-order valence-electron chi connectivity index (χ1n) is 12.5. The number of fused-ring (bicyclic) bond motifs is 1. The zero-order chi connectivity index (χ0) is 23.9. The van der Waals surface area contributed by atoms with Gasteiger partial charge in [-0.05, 0) is 55.2 Å². The second-order valence-electron chi connectivity index (χ2n) is 9.12. The molecule has 3 aromatic rings. The summed E-state index contributed by atoms with van der Waals surface area (Å²) in [5.74, 6) is 0.0399. The van der Waals surface area contributed by atoms with Crippen LogP contribution in [0.1, 0.15) is 60.3 Å². The number of pyridine rings is 1. The molecule has 1 saturated heterocycles. The van der Waals surface area contributed by atoms with Gasteiger partial charge >= 0.3 is 5.97 Å². The van der Waals surface area contributed by atoms with Crippen LogP contribution in [0.25, 0.3) is 10.9 Å². The summed E-state index contributed by atoms with van der Waals surface area (Å²) in [6.07, 6.45) is 5.46. The molecule has 1 aliphatic heterocycles. The molecule has 0 spiro atoms. The van der Waals surface area contributed by atoms with E-state index in [1.807, 2.05) is 42.2 Å². The first kappa shape index (κ1) is 23.9. The Morgan fingerprint density at radius 1 is 1.00 bits per heavy atom. The van der Waals surface area contributed by atoms with Crippen molar-refractivity contribution >= 4 is 22.8 Å². The number of hydrogen-bond donors (Lipinski definition) is 0. The maximum absolute atomic E-state index is 13.2. The Bertz CT molecular complexity index is 1130. The van der Waals surface area contributed by atoms with Crippen LogP contribution in [0.2, 0.25) is 0 Å². The summed E-state index contributed by atoms with van der Waals surface area (Å²) in [6, 6.07) is 18.2. The highest BCUT2D eigenvalue weighted by Crippen LogP contribution is 2.26. The minimum absolute atomic E-state index is 0.114. The van der Waals surface area contributed by atoms with Crippen LogP contribution >= 0.6 is 0 Å². The van der Waals surface area contributed by atoms with Crippen LogP contribution in [-0.2, 0) is 28.8 Å². The fourth-order valence-corrected chi connectivity index (χ4v) is 4.98. The topological polar surface area (TPSA) is 59.5 Å². The summed E-state index contributed by atoms with van der Waals surface area (Å²) < 4.78 is 5.59. The molecule has 0 bridgehead atoms. The van der Waals surface area contributed by atoms with Gasteiger partial charge in [0.1, 0.15) is 0 Å². The molecule has 1 aromatic heterocycles. The average Bonchev–Trinajstić information content (AvgIpc) is 2.87. The number of hydrogen-bond acceptors (Lipinski definition) is 4. The first-order chi connectivity index (χ1) is 16.6. The molecule has 0 N–H and O–H groups in total. The Morgan fingerprint density at radius 3 is 2.41 bits per heavy atom. The standard InChI is InChI=1S/C29H34N2O3/c1-3-10-25-23(4-2)28(24-13-8-9-14-26(24)30-25)29(33)34-20-27(32)31-17-15-22(16-18-31)19-21-11-6-5-7-12-21/h5-9,11-14,22H,3-4,10,15-20H2,1-2H3. The summed E-state index contributed by atoms with van der Waals surface area (Å²) in [7, 11) is 0. The predicted octanol–water partition coefficient (Wildman–Crippen LogP) is 5.39. The lowest BCUT2D eigenvalue weighted by Gasteiger charge is -2.32. The number of benzene rings is 2. The van der Waals surface area contributed by atoms with E-state index in [9.17, 15) is 9.59 Å². The molecule has 0 aliphatic carbocycles. The summed E-state index contributed by atoms with van der Waals surface area (Å²) >= 11 is 0. The van der Waals surface area contributed by atoms with Crippen molar-refractivity contribution in [2.24, 2.45) is 5.92 Å². The molecular formula is C29H34N2O3. The maximum Gasteiger partial charge on any atom is 0.339 e. The number of rotatable bonds is 8. The predicted molar refractivity (Wildman–Crippen MR) is 135 cm³/mol. The number of likely N-dealkylation sites (tertiary alicyclic amines) is 1. The molecule has 1 fully saturated rings. The number of para-hydroxylation sites is 1. The van der Waals surface area contributed by atoms with E-state index in [1.165, 1.54) is 5.56 Å². The Kier molecular flexibility index (Phi) is 7.94. The molecule has 178 valence electrons. The highest BCUT2D eigenvalue weighted by atomic mass is 16.5. The van der Waals surface area contributed by atoms with Gasteiger partial charge in [0.2, 0.25) is 0 Å². The summed E-state index contributed by atoms with van der Waals surface area (Å²) in [5, 5.41) is 0.790. The van der Waals surface area contributed by atoms with Crippen LogP contribution in [0.5, 0.6) is 0 Å². The van der Waals surface area contributed by atoms with Crippen LogP contribution in [0.3, 0.4) is 0 Å². The Labute approximate surface area is 202 Å². The first-order valence-corrected chi connectivity index (χ1v) is 12.5. The molecular weight excluding hydrogens is 424 g/mol. The van der Waals surface area contributed by atoms with E-state index in [0.29, 0.717) is 31.0 Å². The molecule has 0 atom stereocenters. The number of aryl methyl sites for hydroxylation is 1. The Balaban J connectivity index is 1.39. The number of nitrogens with zero attached hydrogens (tertiary/aromatic N) is 2. The molecule has 34 heavy (non-hydrogen) atoms. The van der Waals surface area contributed by atoms with Crippen molar-refractivity contribution in [2.45, 2.75) is 52.4 Å². The molecule has 5 nitrogen and oxygen atoms in total. The fourth-order valence-electron chi connectivity index (χ4n) is 4.98. The number of aromatic nitrogens is 1. The van der Waals surface area contributed by atoms with Crippen LogP contribution < -0.4 is 0 Å². The van der Waals surface area contributed by atoms with E-state index < -0.39 is 5.97 Å². The number of amides is 1. The van der Waals surface area contributed by atoms with Crippen LogP contribution in [0.4, 0.5) is 0 Å². The highest BCUT2D eigenvalue weighted by molar-refractivity contribution is 6.05. The van der Waals surface area contributed by atoms with Crippen molar-refractivity contribution in [1.29, 1.82) is 0 Å². The number of piperidine rings is 1. The molecule has 5 heteroatoms. The molecule has 0 unspecified atom stereocenters. The van der Waals surface area contributed by atoms with Gasteiger partial charge in [0.15, 0.2) is 6.61 Å². The van der Waals surface area contributed by atoms with Crippen molar-refractivity contribution in [3.05, 3.63) is 77.0 Å². The fraction of sp³-hybridized carbons (Fsp3) is 0.414. The van der Waals surface area contributed by atoms with Crippen molar-refractivity contribution in [3.63, 3.8) is 0 Å². The number of esters is 1. The highest BCUT2D eigenvalue weighted by Gasteiger charge is 2.25. The third-order valence-corrected chi connectivity index (χ3v) is 6.78. The van der Waals surface area contributed by atoms with Gasteiger partial charge < -0.3 is 9.64 Å². The smallest absolute Gasteiger partial charge is 0.339 e. The third kappa shape index (κ3) is 5.46. The second-order valence-corrected chi connectivity index (χ2v) is 9.12. The van der Waals surface area contributed by atoms with E-state index >= 15 is 0 Å².